The summed E-state index contributed by atoms with van der Waals surface area (Å²) in [7, 11) is -3.67. The smallest absolute Gasteiger partial charge is 0.481 e. The summed E-state index contributed by atoms with van der Waals surface area (Å²) >= 11 is 0. The van der Waals surface area contributed by atoms with E-state index in [0.717, 1.165) is 20.1 Å². The van der Waals surface area contributed by atoms with Gasteiger partial charge in [-0.3, -0.25) is 17.7 Å². The first-order chi connectivity index (χ1) is 5.88. The summed E-state index contributed by atoms with van der Waals surface area (Å²) in [5.74, 6) is -0.833. The summed E-state index contributed by atoms with van der Waals surface area (Å²) in [5, 5.41) is 7.42. The second-order valence-electron chi connectivity index (χ2n) is 1.55. The molecule has 0 amide bonds. The van der Waals surface area contributed by atoms with Crippen LogP contribution in [0.1, 0.15) is 20.8 Å². The van der Waals surface area contributed by atoms with Crippen LogP contribution >= 0.6 is 0 Å². The van der Waals surface area contributed by atoms with Gasteiger partial charge in [-0.2, -0.15) is 0 Å². The summed E-state index contributed by atoms with van der Waals surface area (Å²) in [6.45, 7) is 6.75. The van der Waals surface area contributed by atoms with Gasteiger partial charge in [0.15, 0.2) is 0 Å². The van der Waals surface area contributed by atoms with Crippen molar-refractivity contribution >= 4 is 13.5 Å². The number of ether oxygens (including phenoxy) is 1. The lowest BCUT2D eigenvalue weighted by Crippen LogP contribution is -1.84. The maximum Gasteiger partial charge on any atom is 0.762 e. The Hall–Kier alpha value is -0.715. The largest absolute Gasteiger partial charge is 0.762 e. The van der Waals surface area contributed by atoms with Gasteiger partial charge in [-0.05, 0) is 13.8 Å². The first kappa shape index (κ1) is 18.1. The van der Waals surface area contributed by atoms with E-state index in [-0.39, 0.29) is 0 Å². The molecule has 0 atom stereocenters. The molecule has 0 unspecified atom stereocenters. The van der Waals surface area contributed by atoms with Gasteiger partial charge in [0.25, 0.3) is 5.97 Å². The molecule has 7 heteroatoms. The number of hydrogen-bond acceptors (Lipinski definition) is 2. The van der Waals surface area contributed by atoms with Gasteiger partial charge in [-0.15, -0.1) is 0 Å². The molecule has 0 saturated heterocycles. The van der Waals surface area contributed by atoms with Crippen molar-refractivity contribution in [3.05, 3.63) is 0 Å². The van der Waals surface area contributed by atoms with Gasteiger partial charge in [-0.25, -0.2) is 0 Å². The van der Waals surface area contributed by atoms with Crippen molar-refractivity contribution in [3.63, 3.8) is 0 Å². The molecule has 0 aliphatic rings. The average Bonchev–Trinajstić information content (AvgIpc) is 1.86. The predicted octanol–water partition coefficient (Wildman–Crippen LogP) is 2.01. The van der Waals surface area contributed by atoms with E-state index in [4.69, 9.17) is 14.6 Å². The Kier molecular flexibility index (Phi) is 24.3. The average molecular weight is 202 g/mol. The van der Waals surface area contributed by atoms with Gasteiger partial charge in [0.1, 0.15) is 0 Å². The summed E-state index contributed by atoms with van der Waals surface area (Å²) in [6.07, 6.45) is 0. The van der Waals surface area contributed by atoms with Gasteiger partial charge in [0.05, 0.1) is 0 Å². The lowest BCUT2D eigenvalue weighted by atomic mass is 10.5. The van der Waals surface area contributed by atoms with Crippen molar-refractivity contribution in [1.82, 2.24) is 0 Å². The van der Waals surface area contributed by atoms with Crippen LogP contribution in [0.2, 0.25) is 0 Å². The highest BCUT2D eigenvalue weighted by Gasteiger charge is 2.06. The Morgan fingerprint density at radius 2 is 1.46 bits per heavy atom. The molecule has 0 aromatic carbocycles. The summed E-state index contributed by atoms with van der Waals surface area (Å²) in [4.78, 5) is 9.00. The lowest BCUT2D eigenvalue weighted by Gasteiger charge is -1.86. The molecular weight excluding hydrogens is 188 g/mol. The number of carbonyl (C=O) groups is 1. The third kappa shape index (κ3) is 589. The minimum absolute atomic E-state index is 0.833. The van der Waals surface area contributed by atoms with Crippen LogP contribution in [0.15, 0.2) is 0 Å². The minimum atomic E-state index is -3.67. The van der Waals surface area contributed by atoms with Gasteiger partial charge in [0.2, 0.25) is 0 Å². The van der Waals surface area contributed by atoms with E-state index in [2.05, 4.69) is 0 Å². The van der Waals surface area contributed by atoms with Crippen LogP contribution in [0.3, 0.4) is 0 Å². The topological polar surface area (TPSA) is 46.5 Å². The van der Waals surface area contributed by atoms with Crippen molar-refractivity contribution < 1.29 is 27.6 Å². The molecule has 0 aliphatic carbocycles. The van der Waals surface area contributed by atoms with E-state index in [0.29, 0.717) is 0 Å². The van der Waals surface area contributed by atoms with E-state index in [1.165, 1.54) is 0 Å². The molecule has 0 rings (SSSR count). The van der Waals surface area contributed by atoms with E-state index in [9.17, 15) is 12.9 Å². The molecule has 80 valence electrons. The fourth-order valence-corrected chi connectivity index (χ4v) is 0.204. The molecule has 0 fully saturated rings. The van der Waals surface area contributed by atoms with E-state index >= 15 is 0 Å². The number of rotatable bonds is 2. The summed E-state index contributed by atoms with van der Waals surface area (Å²) in [6, 6.07) is 0. The third-order valence-corrected chi connectivity index (χ3v) is 0.408. The maximum atomic E-state index is 9.67. The Balaban J connectivity index is -0.000000117. The van der Waals surface area contributed by atoms with Gasteiger partial charge >= 0.3 is 7.54 Å². The number of carboxylic acid groups (broad SMARTS) is 1. The number of carboxylic acids is 1. The molecule has 0 radical (unpaired) electrons. The van der Waals surface area contributed by atoms with Crippen LogP contribution in [0, 0.1) is 0 Å². The van der Waals surface area contributed by atoms with Crippen molar-refractivity contribution in [2.45, 2.75) is 20.8 Å². The van der Waals surface area contributed by atoms with Gasteiger partial charge in [-0.1, -0.05) is 0 Å². The highest BCUT2D eigenvalue weighted by atomic mass is 19.4. The zero-order chi connectivity index (χ0) is 11.3. The first-order valence-electron chi connectivity index (χ1n) is 3.57. The normalized spacial score (nSPS) is 7.23. The van der Waals surface area contributed by atoms with E-state index < -0.39 is 13.5 Å². The molecule has 0 aromatic rings. The highest BCUT2D eigenvalue weighted by Crippen LogP contribution is 1.80. The molecule has 0 saturated carbocycles. The van der Waals surface area contributed by atoms with Crippen molar-refractivity contribution in [2.75, 3.05) is 13.2 Å². The molecule has 0 spiro atoms. The second-order valence-corrected chi connectivity index (χ2v) is 1.55. The molecule has 0 aromatic heterocycles. The van der Waals surface area contributed by atoms with Crippen LogP contribution in [-0.4, -0.2) is 31.8 Å². The van der Waals surface area contributed by atoms with E-state index in [1.54, 1.807) is 0 Å². The zero-order valence-electron chi connectivity index (χ0n) is 7.89. The van der Waals surface area contributed by atoms with Gasteiger partial charge in [0, 0.05) is 20.1 Å². The summed E-state index contributed by atoms with van der Waals surface area (Å²) in [5.41, 5.74) is 0. The number of hydrogen-bond donors (Lipinski definition) is 1. The Bertz CT molecular complexity index is 94.4. The first-order valence-corrected chi connectivity index (χ1v) is 3.57. The van der Waals surface area contributed by atoms with Crippen molar-refractivity contribution in [2.24, 2.45) is 0 Å². The SMILES string of the molecule is CC(=O)O.CCOCC.FB(F)F. The molecule has 0 aliphatic heterocycles. The highest BCUT2D eigenvalue weighted by molar-refractivity contribution is 6.33. The van der Waals surface area contributed by atoms with Gasteiger partial charge < -0.3 is 9.84 Å². The fraction of sp³-hybridized carbons (Fsp3) is 0.833. The minimum Gasteiger partial charge on any atom is -0.481 e. The Morgan fingerprint density at radius 3 is 1.46 bits per heavy atom. The van der Waals surface area contributed by atoms with Crippen LogP contribution in [0.25, 0.3) is 0 Å². The van der Waals surface area contributed by atoms with Crippen LogP contribution in [-0.2, 0) is 9.53 Å². The molecule has 0 heterocycles. The van der Waals surface area contributed by atoms with E-state index in [1.807, 2.05) is 13.8 Å². The molecule has 0 bridgehead atoms. The lowest BCUT2D eigenvalue weighted by molar-refractivity contribution is -0.134. The molecule has 3 nitrogen and oxygen atoms in total. The predicted molar refractivity (Wildman–Crippen MR) is 44.6 cm³/mol. The second kappa shape index (κ2) is 17.4. The maximum absolute atomic E-state index is 9.67. The van der Waals surface area contributed by atoms with Crippen molar-refractivity contribution in [1.29, 1.82) is 0 Å². The standard InChI is InChI=1S/C4H10O.C2H4O2.BF3/c1-3-5-4-2;1-2(3)4;2-1(3)4/h3-4H2,1-2H3;1H3,(H,3,4);. The molecule has 13 heavy (non-hydrogen) atoms. The number of halogens is 3. The van der Waals surface area contributed by atoms with Crippen LogP contribution in [0.4, 0.5) is 12.9 Å². The van der Waals surface area contributed by atoms with Crippen LogP contribution < -0.4 is 0 Å². The Labute approximate surface area is 76.1 Å². The molecule has 1 N–H and O–H groups in total. The quantitative estimate of drug-likeness (QED) is 0.696. The Morgan fingerprint density at radius 1 is 1.31 bits per heavy atom. The summed E-state index contributed by atoms with van der Waals surface area (Å²) < 4.78 is 33.8. The molecular formula is C6H14BF3O3. The monoisotopic (exact) mass is 202 g/mol. The van der Waals surface area contributed by atoms with Crippen LogP contribution in [0.5, 0.6) is 0 Å². The number of aliphatic carboxylic acids is 1. The van der Waals surface area contributed by atoms with Crippen molar-refractivity contribution in [3.8, 4) is 0 Å². The third-order valence-electron chi connectivity index (χ3n) is 0.408. The zero-order valence-corrected chi connectivity index (χ0v) is 7.89. The fourth-order valence-electron chi connectivity index (χ4n) is 0.204.